The minimum absolute atomic E-state index is 0.0175. The highest BCUT2D eigenvalue weighted by Gasteiger charge is 2.50. The van der Waals surface area contributed by atoms with Crippen molar-refractivity contribution in [2.24, 2.45) is 5.92 Å². The van der Waals surface area contributed by atoms with Crippen molar-refractivity contribution < 1.29 is 24.2 Å². The van der Waals surface area contributed by atoms with Crippen molar-refractivity contribution in [1.29, 1.82) is 0 Å². The first-order valence-corrected chi connectivity index (χ1v) is 9.80. The fourth-order valence-electron chi connectivity index (χ4n) is 4.57. The minimum Gasteiger partial charge on any atom is -0.502 e. The van der Waals surface area contributed by atoms with E-state index in [-0.39, 0.29) is 11.6 Å². The molecule has 29 heavy (non-hydrogen) atoms. The van der Waals surface area contributed by atoms with Gasteiger partial charge in [0.25, 0.3) is 5.56 Å². The Kier molecular flexibility index (Phi) is 4.66. The molecule has 3 aliphatic heterocycles. The first-order valence-electron chi connectivity index (χ1n) is 9.80. The Balaban J connectivity index is 1.85. The van der Waals surface area contributed by atoms with Crippen LogP contribution in [0, 0.1) is 5.92 Å². The van der Waals surface area contributed by atoms with Crippen LogP contribution >= 0.6 is 0 Å². The van der Waals surface area contributed by atoms with Crippen LogP contribution in [0.25, 0.3) is 0 Å². The van der Waals surface area contributed by atoms with Crippen molar-refractivity contribution in [2.75, 3.05) is 21.1 Å². The highest BCUT2D eigenvalue weighted by atomic mass is 16.9. The molecule has 0 radical (unpaired) electrons. The second-order valence-corrected chi connectivity index (χ2v) is 8.30. The molecule has 1 saturated carbocycles. The van der Waals surface area contributed by atoms with E-state index in [1.54, 1.807) is 14.0 Å². The summed E-state index contributed by atoms with van der Waals surface area (Å²) in [7, 11) is 4.63. The van der Waals surface area contributed by atoms with Crippen molar-refractivity contribution >= 4 is 11.8 Å². The van der Waals surface area contributed by atoms with E-state index < -0.39 is 41.2 Å². The summed E-state index contributed by atoms with van der Waals surface area (Å²) in [5.41, 5.74) is -1.47. The van der Waals surface area contributed by atoms with Crippen LogP contribution in [0.2, 0.25) is 0 Å². The maximum Gasteiger partial charge on any atom is 0.312 e. The largest absolute Gasteiger partial charge is 0.502 e. The molecule has 2 bridgehead atoms. The van der Waals surface area contributed by atoms with E-state index in [1.165, 1.54) is 28.5 Å². The summed E-state index contributed by atoms with van der Waals surface area (Å²) in [4.78, 5) is 45.5. The number of amides is 2. The molecule has 0 spiro atoms. The third-order valence-corrected chi connectivity index (χ3v) is 6.35. The second-order valence-electron chi connectivity index (χ2n) is 8.30. The molecule has 0 atom stereocenters. The number of carbonyl (C=O) groups is 2. The van der Waals surface area contributed by atoms with Crippen molar-refractivity contribution in [3.63, 3.8) is 0 Å². The first kappa shape index (κ1) is 19.8. The molecule has 10 nitrogen and oxygen atoms in total. The third kappa shape index (κ3) is 2.93. The number of likely N-dealkylation sites (N-methyl/N-ethyl adjacent to an activating group) is 2. The first-order chi connectivity index (χ1) is 13.7. The molecule has 0 unspecified atom stereocenters. The van der Waals surface area contributed by atoms with E-state index in [2.05, 4.69) is 4.98 Å². The Labute approximate surface area is 168 Å². The minimum atomic E-state index is -0.925. The van der Waals surface area contributed by atoms with Crippen LogP contribution in [0.15, 0.2) is 4.79 Å². The van der Waals surface area contributed by atoms with Gasteiger partial charge >= 0.3 is 11.8 Å². The van der Waals surface area contributed by atoms with Gasteiger partial charge < -0.3 is 24.4 Å². The molecule has 1 saturated heterocycles. The summed E-state index contributed by atoms with van der Waals surface area (Å²) in [5.74, 6) is -1.17. The van der Waals surface area contributed by atoms with Gasteiger partial charge in [-0.1, -0.05) is 0 Å². The average molecular weight is 406 g/mol. The van der Waals surface area contributed by atoms with Gasteiger partial charge in [-0.2, -0.15) is 0 Å². The van der Waals surface area contributed by atoms with Gasteiger partial charge in [0.2, 0.25) is 12.0 Å². The molecule has 1 aromatic heterocycles. The van der Waals surface area contributed by atoms with E-state index in [0.717, 1.165) is 12.8 Å². The zero-order valence-corrected chi connectivity index (χ0v) is 17.0. The fourth-order valence-corrected chi connectivity index (χ4v) is 4.57. The van der Waals surface area contributed by atoms with Crippen LogP contribution in [-0.2, 0) is 31.1 Å². The van der Waals surface area contributed by atoms with Crippen molar-refractivity contribution in [1.82, 2.24) is 19.4 Å². The molecular formula is C19H26N4O6. The average Bonchev–Trinajstić information content (AvgIpc) is 2.94. The predicted octanol–water partition coefficient (Wildman–Crippen LogP) is 0.286. The Bertz CT molecular complexity index is 912. The zero-order valence-electron chi connectivity index (χ0n) is 17.0. The number of carbonyl (C=O) groups excluding carboxylic acids is 2. The quantitative estimate of drug-likeness (QED) is 0.702. The number of hydrogen-bond acceptors (Lipinski definition) is 7. The Morgan fingerprint density at radius 2 is 1.79 bits per heavy atom. The van der Waals surface area contributed by atoms with Gasteiger partial charge in [-0.05, 0) is 38.5 Å². The fraction of sp³-hybridized carbons (Fsp3) is 0.684. The zero-order chi connectivity index (χ0) is 21.1. The molecule has 1 aromatic rings. The molecule has 158 valence electrons. The predicted molar refractivity (Wildman–Crippen MR) is 99.6 cm³/mol. The molecule has 2 fully saturated rings. The summed E-state index contributed by atoms with van der Waals surface area (Å²) >= 11 is 0. The van der Waals surface area contributed by atoms with E-state index in [0.29, 0.717) is 25.2 Å². The van der Waals surface area contributed by atoms with Crippen LogP contribution in [0.5, 0.6) is 5.75 Å². The van der Waals surface area contributed by atoms with E-state index >= 15 is 0 Å². The highest BCUT2D eigenvalue weighted by Crippen LogP contribution is 2.47. The molecule has 2 amide bonds. The SMILES string of the molecule is CC1OC(c2nc3n(c(=O)c2O)CC2CCC3(N(C)C(=O)C(=O)N(C)C)CC2)O1. The number of nitrogens with zero attached hydrogens (tertiary/aromatic N) is 4. The molecule has 1 aliphatic carbocycles. The summed E-state index contributed by atoms with van der Waals surface area (Å²) < 4.78 is 12.3. The van der Waals surface area contributed by atoms with Crippen molar-refractivity contribution in [3.8, 4) is 5.75 Å². The van der Waals surface area contributed by atoms with E-state index in [9.17, 15) is 19.5 Å². The Morgan fingerprint density at radius 3 is 2.34 bits per heavy atom. The lowest BCUT2D eigenvalue weighted by Gasteiger charge is -2.43. The van der Waals surface area contributed by atoms with Crippen LogP contribution in [0.3, 0.4) is 0 Å². The number of hydrogen-bond donors (Lipinski definition) is 1. The highest BCUT2D eigenvalue weighted by molar-refractivity contribution is 6.34. The van der Waals surface area contributed by atoms with Gasteiger partial charge in [0.15, 0.2) is 6.29 Å². The lowest BCUT2D eigenvalue weighted by atomic mass is 9.76. The monoisotopic (exact) mass is 406 g/mol. The molecular weight excluding hydrogens is 380 g/mol. The third-order valence-electron chi connectivity index (χ3n) is 6.35. The van der Waals surface area contributed by atoms with Crippen molar-refractivity contribution in [3.05, 3.63) is 21.9 Å². The van der Waals surface area contributed by atoms with Crippen LogP contribution in [-0.4, -0.2) is 63.7 Å². The molecule has 1 N–H and O–H groups in total. The van der Waals surface area contributed by atoms with Gasteiger partial charge in [-0.15, -0.1) is 0 Å². The maximum atomic E-state index is 13.0. The Morgan fingerprint density at radius 1 is 1.17 bits per heavy atom. The Hall–Kier alpha value is -2.46. The van der Waals surface area contributed by atoms with Gasteiger partial charge in [0.1, 0.15) is 17.1 Å². The molecule has 4 aliphatic rings. The number of fused-ring (bicyclic) bond motifs is 2. The second kappa shape index (κ2) is 6.81. The number of rotatable bonds is 2. The molecule has 4 heterocycles. The van der Waals surface area contributed by atoms with Crippen molar-refractivity contribution in [2.45, 2.75) is 57.3 Å². The number of aromatic hydroxyl groups is 1. The smallest absolute Gasteiger partial charge is 0.312 e. The van der Waals surface area contributed by atoms with Gasteiger partial charge in [0, 0.05) is 27.7 Å². The lowest BCUT2D eigenvalue weighted by Crippen LogP contribution is -2.54. The summed E-state index contributed by atoms with van der Waals surface area (Å²) in [6.45, 7) is 2.12. The molecule has 10 heteroatoms. The van der Waals surface area contributed by atoms with Crippen LogP contribution in [0.4, 0.5) is 0 Å². The van der Waals surface area contributed by atoms with Gasteiger partial charge in [-0.25, -0.2) is 4.98 Å². The maximum absolute atomic E-state index is 13.0. The van der Waals surface area contributed by atoms with E-state index in [1.807, 2.05) is 0 Å². The summed E-state index contributed by atoms with van der Waals surface area (Å²) in [5, 5.41) is 10.5. The van der Waals surface area contributed by atoms with Crippen LogP contribution in [0.1, 0.15) is 50.4 Å². The van der Waals surface area contributed by atoms with Crippen LogP contribution < -0.4 is 5.56 Å². The van der Waals surface area contributed by atoms with Gasteiger partial charge in [0.05, 0.1) is 0 Å². The normalized spacial score (nSPS) is 30.1. The molecule has 0 aromatic carbocycles. The summed E-state index contributed by atoms with van der Waals surface area (Å²) in [6, 6.07) is 0. The standard InChI is InChI=1S/C19H26N4O6/c1-10-28-17(29-10)12-13(24)14(25)23-9-11-5-7-19(8-6-11,18(23)20-12)22(4)16(27)15(26)21(2)3/h10-11,17,24H,5-9H2,1-4H3. The van der Waals surface area contributed by atoms with E-state index in [4.69, 9.17) is 9.47 Å². The summed E-state index contributed by atoms with van der Waals surface area (Å²) in [6.07, 6.45) is 1.38. The number of ether oxygens (including phenoxy) is 2. The lowest BCUT2D eigenvalue weighted by molar-refractivity contribution is -0.384. The topological polar surface area (TPSA) is 114 Å². The molecule has 5 rings (SSSR count). The number of aromatic nitrogens is 2. The van der Waals surface area contributed by atoms with Gasteiger partial charge in [-0.3, -0.25) is 19.0 Å².